The number of rotatable bonds is 5. The van der Waals surface area contributed by atoms with E-state index in [2.05, 4.69) is 52.3 Å². The molecule has 25 heavy (non-hydrogen) atoms. The number of likely N-dealkylation sites (N-methyl/N-ethyl adjacent to an activating group) is 1. The van der Waals surface area contributed by atoms with Gasteiger partial charge in [-0.3, -0.25) is 0 Å². The van der Waals surface area contributed by atoms with Crippen molar-refractivity contribution in [3.63, 3.8) is 0 Å². The fraction of sp³-hybridized carbons (Fsp3) is 0.579. The number of ether oxygens (including phenoxy) is 1. The summed E-state index contributed by atoms with van der Waals surface area (Å²) in [5, 5.41) is 2.64. The minimum atomic E-state index is -0.582. The summed E-state index contributed by atoms with van der Waals surface area (Å²) in [4.78, 5) is 25.5. The Hall–Kier alpha value is -1.56. The van der Waals surface area contributed by atoms with E-state index in [1.807, 2.05) is 0 Å². The van der Waals surface area contributed by atoms with Gasteiger partial charge in [-0.05, 0) is 70.2 Å². The zero-order valence-electron chi connectivity index (χ0n) is 15.6. The first-order valence-corrected chi connectivity index (χ1v) is 9.39. The number of halogens is 1. The van der Waals surface area contributed by atoms with Gasteiger partial charge in [0.1, 0.15) is 11.9 Å². The number of nitrogens with one attached hydrogen (secondary N) is 1. The van der Waals surface area contributed by atoms with Crippen molar-refractivity contribution < 1.29 is 14.3 Å². The molecule has 0 saturated heterocycles. The van der Waals surface area contributed by atoms with Crippen LogP contribution in [0, 0.1) is 0 Å². The zero-order chi connectivity index (χ0) is 18.8. The lowest BCUT2D eigenvalue weighted by atomic mass is 10.0. The normalized spacial score (nSPS) is 17.8. The summed E-state index contributed by atoms with van der Waals surface area (Å²) in [6, 6.07) is 4.16. The van der Waals surface area contributed by atoms with Gasteiger partial charge < -0.3 is 19.7 Å². The number of anilines is 1. The van der Waals surface area contributed by atoms with Crippen LogP contribution in [-0.2, 0) is 22.4 Å². The van der Waals surface area contributed by atoms with Gasteiger partial charge in [0.2, 0.25) is 0 Å². The molecule has 1 aromatic rings. The molecule has 0 aromatic heterocycles. The number of amides is 1. The Morgan fingerprint density at radius 2 is 2.16 bits per heavy atom. The van der Waals surface area contributed by atoms with Crippen LogP contribution in [0.3, 0.4) is 0 Å². The Bertz CT molecular complexity index is 655. The van der Waals surface area contributed by atoms with Crippen LogP contribution in [-0.4, -0.2) is 37.1 Å². The first-order chi connectivity index (χ1) is 11.6. The average Bonchev–Trinajstić information content (AvgIpc) is 2.75. The smallest absolute Gasteiger partial charge is 0.408 e. The van der Waals surface area contributed by atoms with E-state index >= 15 is 0 Å². The van der Waals surface area contributed by atoms with Gasteiger partial charge in [-0.15, -0.1) is 0 Å². The number of hydrogen-bond acceptors (Lipinski definition) is 4. The molecule has 1 amide bonds. The largest absolute Gasteiger partial charge is 0.444 e. The third kappa shape index (κ3) is 5.21. The van der Waals surface area contributed by atoms with Gasteiger partial charge in [0.15, 0.2) is 0 Å². The number of aryl methyl sites for hydroxylation is 1. The molecule has 0 saturated carbocycles. The van der Waals surface area contributed by atoms with Crippen LogP contribution in [0.2, 0.25) is 0 Å². The highest BCUT2D eigenvalue weighted by Crippen LogP contribution is 2.37. The van der Waals surface area contributed by atoms with Crippen molar-refractivity contribution in [1.82, 2.24) is 5.32 Å². The van der Waals surface area contributed by atoms with E-state index in [1.54, 1.807) is 20.8 Å². The molecule has 2 atom stereocenters. The van der Waals surface area contributed by atoms with Crippen molar-refractivity contribution in [2.24, 2.45) is 0 Å². The highest BCUT2D eigenvalue weighted by Gasteiger charge is 2.26. The summed E-state index contributed by atoms with van der Waals surface area (Å²) in [5.74, 6) is 0. The molecule has 1 aliphatic rings. The standard InChI is InChI=1S/C19H27BrN2O3/c1-12-8-14-10-15(20)9-13(17(14)22(12)5)6-7-16(11-23)21-18(24)25-19(2,3)4/h9-12,16H,6-8H2,1-5H3,(H,21,24). The first kappa shape index (κ1) is 19.8. The fourth-order valence-corrected chi connectivity index (χ4v) is 3.69. The number of fused-ring (bicyclic) bond motifs is 1. The van der Waals surface area contributed by atoms with E-state index < -0.39 is 17.7 Å². The molecule has 0 aliphatic carbocycles. The Morgan fingerprint density at radius 3 is 2.76 bits per heavy atom. The number of benzene rings is 1. The van der Waals surface area contributed by atoms with Crippen LogP contribution < -0.4 is 10.2 Å². The van der Waals surface area contributed by atoms with Crippen LogP contribution in [0.25, 0.3) is 0 Å². The minimum absolute atomic E-state index is 0.463. The Morgan fingerprint density at radius 1 is 1.48 bits per heavy atom. The molecule has 1 aliphatic heterocycles. The summed E-state index contributed by atoms with van der Waals surface area (Å²) in [7, 11) is 2.10. The molecule has 0 spiro atoms. The number of nitrogens with zero attached hydrogens (tertiary/aromatic N) is 1. The van der Waals surface area contributed by atoms with Gasteiger partial charge in [-0.1, -0.05) is 15.9 Å². The second-order valence-corrected chi connectivity index (χ2v) is 8.58. The number of aldehydes is 1. The van der Waals surface area contributed by atoms with Crippen LogP contribution in [0.15, 0.2) is 16.6 Å². The summed E-state index contributed by atoms with van der Waals surface area (Å²) < 4.78 is 6.27. The molecular formula is C19H27BrN2O3. The van der Waals surface area contributed by atoms with Crippen LogP contribution >= 0.6 is 15.9 Å². The van der Waals surface area contributed by atoms with E-state index in [9.17, 15) is 9.59 Å². The van der Waals surface area contributed by atoms with Crippen molar-refractivity contribution in [1.29, 1.82) is 0 Å². The monoisotopic (exact) mass is 410 g/mol. The molecule has 0 bridgehead atoms. The van der Waals surface area contributed by atoms with Crippen LogP contribution in [0.4, 0.5) is 10.5 Å². The lowest BCUT2D eigenvalue weighted by molar-refractivity contribution is -0.109. The van der Waals surface area contributed by atoms with E-state index in [-0.39, 0.29) is 0 Å². The van der Waals surface area contributed by atoms with Crippen LogP contribution in [0.5, 0.6) is 0 Å². The second-order valence-electron chi connectivity index (χ2n) is 7.66. The summed E-state index contributed by atoms with van der Waals surface area (Å²) in [5.41, 5.74) is 3.18. The first-order valence-electron chi connectivity index (χ1n) is 8.59. The lowest BCUT2D eigenvalue weighted by Crippen LogP contribution is -2.40. The Labute approximate surface area is 158 Å². The summed E-state index contributed by atoms with van der Waals surface area (Å²) in [6.45, 7) is 7.59. The highest BCUT2D eigenvalue weighted by atomic mass is 79.9. The molecule has 6 heteroatoms. The second kappa shape index (κ2) is 7.77. The number of carbonyl (C=O) groups is 2. The van der Waals surface area contributed by atoms with Gasteiger partial charge in [-0.25, -0.2) is 4.79 Å². The summed E-state index contributed by atoms with van der Waals surface area (Å²) in [6.07, 6.45) is 2.47. The van der Waals surface area contributed by atoms with E-state index in [0.29, 0.717) is 18.9 Å². The third-order valence-electron chi connectivity index (χ3n) is 4.35. The molecule has 5 nitrogen and oxygen atoms in total. The quantitative estimate of drug-likeness (QED) is 0.748. The molecular weight excluding hydrogens is 384 g/mol. The number of hydrogen-bond donors (Lipinski definition) is 1. The van der Waals surface area contributed by atoms with Gasteiger partial charge >= 0.3 is 6.09 Å². The maximum absolute atomic E-state index is 11.9. The minimum Gasteiger partial charge on any atom is -0.444 e. The molecule has 138 valence electrons. The van der Waals surface area contributed by atoms with Crippen molar-refractivity contribution in [3.8, 4) is 0 Å². The van der Waals surface area contributed by atoms with Crippen LogP contribution in [0.1, 0.15) is 45.2 Å². The summed E-state index contributed by atoms with van der Waals surface area (Å²) >= 11 is 3.58. The fourth-order valence-electron chi connectivity index (χ4n) is 3.14. The molecule has 2 rings (SSSR count). The molecule has 1 aromatic carbocycles. The number of carbonyl (C=O) groups excluding carboxylic acids is 2. The Balaban J connectivity index is 2.05. The topological polar surface area (TPSA) is 58.6 Å². The van der Waals surface area contributed by atoms with Crippen molar-refractivity contribution in [3.05, 3.63) is 27.7 Å². The third-order valence-corrected chi connectivity index (χ3v) is 4.81. The van der Waals surface area contributed by atoms with Crippen molar-refractivity contribution >= 4 is 34.0 Å². The van der Waals surface area contributed by atoms with Crippen molar-refractivity contribution in [2.75, 3.05) is 11.9 Å². The maximum atomic E-state index is 11.9. The lowest BCUT2D eigenvalue weighted by Gasteiger charge is -2.23. The van der Waals surface area contributed by atoms with Gasteiger partial charge in [0.25, 0.3) is 0 Å². The van der Waals surface area contributed by atoms with Gasteiger partial charge in [0, 0.05) is 23.2 Å². The predicted molar refractivity (Wildman–Crippen MR) is 103 cm³/mol. The maximum Gasteiger partial charge on any atom is 0.408 e. The molecule has 0 radical (unpaired) electrons. The SMILES string of the molecule is CC1Cc2cc(Br)cc(CCC(C=O)NC(=O)OC(C)(C)C)c2N1C. The van der Waals surface area contributed by atoms with E-state index in [0.717, 1.165) is 17.2 Å². The van der Waals surface area contributed by atoms with Gasteiger partial charge in [0.05, 0.1) is 6.04 Å². The Kier molecular flexibility index (Phi) is 6.14. The van der Waals surface area contributed by atoms with Gasteiger partial charge in [-0.2, -0.15) is 0 Å². The van der Waals surface area contributed by atoms with E-state index in [1.165, 1.54) is 16.8 Å². The number of alkyl carbamates (subject to hydrolysis) is 1. The molecule has 0 fully saturated rings. The molecule has 2 unspecified atom stereocenters. The molecule has 1 N–H and O–H groups in total. The zero-order valence-corrected chi connectivity index (χ0v) is 17.1. The predicted octanol–water partition coefficient (Wildman–Crippen LogP) is 3.85. The molecule has 1 heterocycles. The van der Waals surface area contributed by atoms with Crippen molar-refractivity contribution in [2.45, 2.75) is 64.6 Å². The highest BCUT2D eigenvalue weighted by molar-refractivity contribution is 9.10. The van der Waals surface area contributed by atoms with E-state index in [4.69, 9.17) is 4.74 Å². The average molecular weight is 411 g/mol.